The van der Waals surface area contributed by atoms with E-state index in [9.17, 15) is 19.8 Å². The second-order valence-electron chi connectivity index (χ2n) is 5.95. The summed E-state index contributed by atoms with van der Waals surface area (Å²) in [5, 5.41) is 36.0. The van der Waals surface area contributed by atoms with Crippen LogP contribution in [-0.4, -0.2) is 56.3 Å². The van der Waals surface area contributed by atoms with Crippen LogP contribution in [0.5, 0.6) is 0 Å². The van der Waals surface area contributed by atoms with E-state index in [1.165, 1.54) is 0 Å². The number of hydrogen-bond donors (Lipinski definition) is 7. The predicted octanol–water partition coefficient (Wildman–Crippen LogP) is -1.43. The quantitative estimate of drug-likeness (QED) is 0.237. The van der Waals surface area contributed by atoms with Gasteiger partial charge in [0.2, 0.25) is 5.89 Å². The van der Waals surface area contributed by atoms with Gasteiger partial charge in [0.05, 0.1) is 12.6 Å². The molecule has 0 aromatic carbocycles. The van der Waals surface area contributed by atoms with Crippen LogP contribution in [-0.2, 0) is 4.79 Å². The molecule has 12 nitrogen and oxygen atoms in total. The summed E-state index contributed by atoms with van der Waals surface area (Å²) >= 11 is 0. The Kier molecular flexibility index (Phi) is 8.38. The van der Waals surface area contributed by atoms with Crippen LogP contribution in [0.2, 0.25) is 0 Å². The average Bonchev–Trinajstić information content (AvgIpc) is 3.07. The zero-order chi connectivity index (χ0) is 19.9. The Bertz CT molecular complexity index is 594. The van der Waals surface area contributed by atoms with Crippen molar-refractivity contribution in [1.82, 2.24) is 20.8 Å². The first-order valence-corrected chi connectivity index (χ1v) is 8.12. The van der Waals surface area contributed by atoms with Gasteiger partial charge in [0.15, 0.2) is 5.82 Å². The van der Waals surface area contributed by atoms with Gasteiger partial charge in [0.1, 0.15) is 18.3 Å². The fourth-order valence-corrected chi connectivity index (χ4v) is 2.11. The standard InChI is InChI=1S/C14H26N6O6/c1-3-6(2)10(13(23)24)18-14(25)17-8(4-9(16)22)12-19-11(20-26-12)7(15)5-21/h6-10,21-22H,3-5,15-16H2,1-2H3,(H,23,24)(H2,17,18,25)/t6?,7-,8-,9?,10-/m0/s1. The van der Waals surface area contributed by atoms with Gasteiger partial charge in [0.25, 0.3) is 0 Å². The number of aromatic nitrogens is 2. The van der Waals surface area contributed by atoms with E-state index in [4.69, 9.17) is 21.1 Å². The minimum atomic E-state index is -1.30. The van der Waals surface area contributed by atoms with Crippen molar-refractivity contribution in [1.29, 1.82) is 0 Å². The van der Waals surface area contributed by atoms with Crippen LogP contribution in [0.1, 0.15) is 50.5 Å². The highest BCUT2D eigenvalue weighted by molar-refractivity contribution is 5.82. The first kappa shape index (κ1) is 21.8. The Hall–Kier alpha value is -2.28. The Morgan fingerprint density at radius 2 is 1.96 bits per heavy atom. The molecule has 1 heterocycles. The molecule has 148 valence electrons. The number of carboxylic acids is 1. The molecular weight excluding hydrogens is 348 g/mol. The molecule has 1 aromatic rings. The lowest BCUT2D eigenvalue weighted by molar-refractivity contribution is -0.140. The maximum Gasteiger partial charge on any atom is 0.326 e. The molecule has 0 saturated carbocycles. The SMILES string of the molecule is CCC(C)[C@H](NC(=O)N[C@@H](CC(N)O)c1nc([C@@H](N)CO)no1)C(=O)O. The molecule has 0 aliphatic carbocycles. The molecule has 0 radical (unpaired) electrons. The highest BCUT2D eigenvalue weighted by Crippen LogP contribution is 2.18. The topological polar surface area (TPSA) is 210 Å². The van der Waals surface area contributed by atoms with Crippen molar-refractivity contribution >= 4 is 12.0 Å². The van der Waals surface area contributed by atoms with Gasteiger partial charge in [-0.25, -0.2) is 9.59 Å². The molecular formula is C14H26N6O6. The number of hydrogen-bond acceptors (Lipinski definition) is 9. The molecule has 2 amide bonds. The van der Waals surface area contributed by atoms with E-state index >= 15 is 0 Å². The Morgan fingerprint density at radius 3 is 2.46 bits per heavy atom. The summed E-state index contributed by atoms with van der Waals surface area (Å²) in [6.45, 7) is 3.09. The highest BCUT2D eigenvalue weighted by Gasteiger charge is 2.29. The third-order valence-corrected chi connectivity index (χ3v) is 3.83. The second-order valence-corrected chi connectivity index (χ2v) is 5.95. The van der Waals surface area contributed by atoms with Crippen LogP contribution in [0.15, 0.2) is 4.52 Å². The summed E-state index contributed by atoms with van der Waals surface area (Å²) in [6, 6.07) is -3.74. The Balaban J connectivity index is 2.88. The molecule has 0 aliphatic heterocycles. The summed E-state index contributed by atoms with van der Waals surface area (Å²) in [4.78, 5) is 27.4. The van der Waals surface area contributed by atoms with Crippen LogP contribution in [0.25, 0.3) is 0 Å². The number of nitrogens with zero attached hydrogens (tertiary/aromatic N) is 2. The Morgan fingerprint density at radius 1 is 1.31 bits per heavy atom. The molecule has 0 spiro atoms. The number of rotatable bonds is 10. The van der Waals surface area contributed by atoms with Gasteiger partial charge < -0.3 is 41.9 Å². The number of aliphatic carboxylic acids is 1. The molecule has 0 fully saturated rings. The monoisotopic (exact) mass is 374 g/mol. The molecule has 12 heteroatoms. The fourth-order valence-electron chi connectivity index (χ4n) is 2.11. The van der Waals surface area contributed by atoms with Gasteiger partial charge >= 0.3 is 12.0 Å². The smallest absolute Gasteiger partial charge is 0.326 e. The van der Waals surface area contributed by atoms with Crippen LogP contribution in [0.4, 0.5) is 4.79 Å². The fraction of sp³-hybridized carbons (Fsp3) is 0.714. The second kappa shape index (κ2) is 10.0. The first-order valence-electron chi connectivity index (χ1n) is 8.12. The van der Waals surface area contributed by atoms with E-state index in [-0.39, 0.29) is 24.1 Å². The zero-order valence-electron chi connectivity index (χ0n) is 14.6. The van der Waals surface area contributed by atoms with Gasteiger partial charge in [-0.2, -0.15) is 4.98 Å². The number of urea groups is 1. The van der Waals surface area contributed by atoms with Crippen molar-refractivity contribution in [2.45, 2.75) is 51.0 Å². The van der Waals surface area contributed by atoms with Gasteiger partial charge in [-0.3, -0.25) is 0 Å². The minimum Gasteiger partial charge on any atom is -0.480 e. The third-order valence-electron chi connectivity index (χ3n) is 3.83. The van der Waals surface area contributed by atoms with Crippen molar-refractivity contribution in [3.8, 4) is 0 Å². The maximum atomic E-state index is 12.2. The zero-order valence-corrected chi connectivity index (χ0v) is 14.6. The lowest BCUT2D eigenvalue weighted by Crippen LogP contribution is -2.50. The molecule has 0 saturated heterocycles. The van der Waals surface area contributed by atoms with Crippen molar-refractivity contribution in [2.24, 2.45) is 17.4 Å². The summed E-state index contributed by atoms with van der Waals surface area (Å²) in [7, 11) is 0. The van der Waals surface area contributed by atoms with Gasteiger partial charge in [0, 0.05) is 6.42 Å². The van der Waals surface area contributed by atoms with Crippen LogP contribution >= 0.6 is 0 Å². The lowest BCUT2D eigenvalue weighted by Gasteiger charge is -2.22. The molecule has 5 atom stereocenters. The number of amides is 2. The van der Waals surface area contributed by atoms with Crippen LogP contribution in [0, 0.1) is 5.92 Å². The summed E-state index contributed by atoms with van der Waals surface area (Å²) in [6.07, 6.45) is -0.911. The van der Waals surface area contributed by atoms with Crippen molar-refractivity contribution in [3.05, 3.63) is 11.7 Å². The molecule has 0 bridgehead atoms. The molecule has 26 heavy (non-hydrogen) atoms. The van der Waals surface area contributed by atoms with Gasteiger partial charge in [-0.15, -0.1) is 0 Å². The normalized spacial score (nSPS) is 17.0. The van der Waals surface area contributed by atoms with E-state index < -0.39 is 43.0 Å². The number of carbonyl (C=O) groups is 2. The van der Waals surface area contributed by atoms with Gasteiger partial charge in [-0.1, -0.05) is 25.4 Å². The molecule has 1 rings (SSSR count). The Labute approximate surface area is 149 Å². The molecule has 2 unspecified atom stereocenters. The number of aliphatic hydroxyl groups is 2. The summed E-state index contributed by atoms with van der Waals surface area (Å²) in [5.41, 5.74) is 10.9. The number of aliphatic hydroxyl groups excluding tert-OH is 2. The summed E-state index contributed by atoms with van der Waals surface area (Å²) in [5.74, 6) is -1.53. The van der Waals surface area contributed by atoms with Crippen LogP contribution < -0.4 is 22.1 Å². The number of carboxylic acid groups (broad SMARTS) is 1. The van der Waals surface area contributed by atoms with E-state index in [0.717, 1.165) is 0 Å². The van der Waals surface area contributed by atoms with Crippen molar-refractivity contribution < 1.29 is 29.4 Å². The van der Waals surface area contributed by atoms with Gasteiger partial charge in [-0.05, 0) is 5.92 Å². The largest absolute Gasteiger partial charge is 0.480 e. The van der Waals surface area contributed by atoms with Crippen molar-refractivity contribution in [3.63, 3.8) is 0 Å². The number of nitrogens with one attached hydrogen (secondary N) is 2. The van der Waals surface area contributed by atoms with E-state index in [1.807, 2.05) is 0 Å². The van der Waals surface area contributed by atoms with E-state index in [0.29, 0.717) is 6.42 Å². The first-order chi connectivity index (χ1) is 12.2. The number of nitrogens with two attached hydrogens (primary N) is 2. The predicted molar refractivity (Wildman–Crippen MR) is 88.4 cm³/mol. The minimum absolute atomic E-state index is 0.0178. The lowest BCUT2D eigenvalue weighted by atomic mass is 9.99. The molecule has 9 N–H and O–H groups in total. The highest BCUT2D eigenvalue weighted by atomic mass is 16.5. The summed E-state index contributed by atoms with van der Waals surface area (Å²) < 4.78 is 4.99. The maximum absolute atomic E-state index is 12.2. The molecule has 1 aromatic heterocycles. The van der Waals surface area contributed by atoms with E-state index in [1.54, 1.807) is 13.8 Å². The van der Waals surface area contributed by atoms with E-state index in [2.05, 4.69) is 20.8 Å². The third kappa shape index (κ3) is 6.22. The number of carbonyl (C=O) groups excluding carboxylic acids is 1. The molecule has 0 aliphatic rings. The van der Waals surface area contributed by atoms with Crippen molar-refractivity contribution in [2.75, 3.05) is 6.61 Å². The van der Waals surface area contributed by atoms with Crippen LogP contribution in [0.3, 0.4) is 0 Å². The average molecular weight is 374 g/mol.